The summed E-state index contributed by atoms with van der Waals surface area (Å²) in [7, 11) is 0. The molecule has 1 amide bonds. The first-order chi connectivity index (χ1) is 12.9. The highest BCUT2D eigenvalue weighted by Gasteiger charge is 2.42. The number of aryl methyl sites for hydroxylation is 1. The molecule has 140 valence electrons. The lowest BCUT2D eigenvalue weighted by molar-refractivity contribution is -0.143. The summed E-state index contributed by atoms with van der Waals surface area (Å²) in [5.74, 6) is -0.640. The third kappa shape index (κ3) is 3.14. The van der Waals surface area contributed by atoms with Gasteiger partial charge in [-0.05, 0) is 42.0 Å². The molecule has 2 aromatic heterocycles. The quantitative estimate of drug-likeness (QED) is 0.647. The van der Waals surface area contributed by atoms with Crippen LogP contribution in [-0.4, -0.2) is 27.1 Å². The van der Waals surface area contributed by atoms with Gasteiger partial charge in [0.1, 0.15) is 0 Å². The number of hydrogen-bond acceptors (Lipinski definition) is 3. The monoisotopic (exact) mass is 391 g/mol. The molecule has 4 rings (SSSR count). The summed E-state index contributed by atoms with van der Waals surface area (Å²) >= 11 is 1.61. The van der Waals surface area contributed by atoms with Gasteiger partial charge in [-0.1, -0.05) is 18.2 Å². The molecule has 8 heteroatoms. The third-order valence-corrected chi connectivity index (χ3v) is 5.73. The minimum atomic E-state index is -4.70. The molecular formula is C19H16F3N3OS. The second kappa shape index (κ2) is 6.53. The van der Waals surface area contributed by atoms with E-state index >= 15 is 0 Å². The zero-order valence-electron chi connectivity index (χ0n) is 14.5. The van der Waals surface area contributed by atoms with Gasteiger partial charge in [-0.25, -0.2) is 4.68 Å². The van der Waals surface area contributed by atoms with Crippen molar-refractivity contribution >= 4 is 17.2 Å². The molecule has 3 heterocycles. The van der Waals surface area contributed by atoms with Gasteiger partial charge in [0, 0.05) is 18.0 Å². The van der Waals surface area contributed by atoms with Crippen molar-refractivity contribution in [2.45, 2.75) is 26.1 Å². The molecule has 0 spiro atoms. The van der Waals surface area contributed by atoms with Crippen LogP contribution in [0.4, 0.5) is 13.2 Å². The molecule has 0 aliphatic carbocycles. The van der Waals surface area contributed by atoms with Crippen LogP contribution in [0.1, 0.15) is 32.1 Å². The first-order valence-corrected chi connectivity index (χ1v) is 9.30. The molecule has 0 saturated heterocycles. The first kappa shape index (κ1) is 17.8. The zero-order valence-corrected chi connectivity index (χ0v) is 15.3. The minimum absolute atomic E-state index is 0.308. The van der Waals surface area contributed by atoms with Crippen LogP contribution in [0, 0.1) is 6.92 Å². The normalized spacial score (nSPS) is 14.3. The van der Waals surface area contributed by atoms with Gasteiger partial charge >= 0.3 is 6.18 Å². The number of halogens is 3. The molecule has 1 aliphatic rings. The highest BCUT2D eigenvalue weighted by atomic mass is 32.1. The fourth-order valence-corrected chi connectivity index (χ4v) is 4.24. The number of para-hydroxylation sites is 1. The highest BCUT2D eigenvalue weighted by molar-refractivity contribution is 7.10. The second-order valence-electron chi connectivity index (χ2n) is 6.45. The summed E-state index contributed by atoms with van der Waals surface area (Å²) in [4.78, 5) is 15.6. The average Bonchev–Trinajstić information content (AvgIpc) is 3.27. The summed E-state index contributed by atoms with van der Waals surface area (Å²) in [5.41, 5.74) is 0.510. The zero-order chi connectivity index (χ0) is 19.2. The number of rotatable bonds is 2. The van der Waals surface area contributed by atoms with Crippen molar-refractivity contribution in [2.75, 3.05) is 6.54 Å². The first-order valence-electron chi connectivity index (χ1n) is 8.42. The number of amides is 1. The Hall–Kier alpha value is -2.61. The van der Waals surface area contributed by atoms with Crippen molar-refractivity contribution in [3.05, 3.63) is 69.2 Å². The fraction of sp³-hybridized carbons (Fsp3) is 0.263. The number of hydrogen-bond donors (Lipinski definition) is 0. The molecule has 0 atom stereocenters. The van der Waals surface area contributed by atoms with Gasteiger partial charge in [0.05, 0.1) is 17.4 Å². The fourth-order valence-electron chi connectivity index (χ4n) is 3.35. The Kier molecular flexibility index (Phi) is 4.30. The summed E-state index contributed by atoms with van der Waals surface area (Å²) in [5, 5.41) is 5.86. The van der Waals surface area contributed by atoms with Crippen molar-refractivity contribution < 1.29 is 18.0 Å². The average molecular weight is 391 g/mol. The molecule has 1 aliphatic heterocycles. The van der Waals surface area contributed by atoms with E-state index in [0.717, 1.165) is 16.4 Å². The van der Waals surface area contributed by atoms with Crippen molar-refractivity contribution in [3.63, 3.8) is 0 Å². The van der Waals surface area contributed by atoms with E-state index in [9.17, 15) is 18.0 Å². The van der Waals surface area contributed by atoms with Crippen LogP contribution in [-0.2, 0) is 19.1 Å². The number of alkyl halides is 3. The van der Waals surface area contributed by atoms with Gasteiger partial charge in [-0.15, -0.1) is 11.3 Å². The third-order valence-electron chi connectivity index (χ3n) is 4.71. The number of carbonyl (C=O) groups excluding carboxylic acids is 1. The Morgan fingerprint density at radius 3 is 2.74 bits per heavy atom. The molecule has 1 aromatic carbocycles. The van der Waals surface area contributed by atoms with E-state index in [4.69, 9.17) is 0 Å². The van der Waals surface area contributed by atoms with E-state index in [2.05, 4.69) is 5.10 Å². The Morgan fingerprint density at radius 2 is 2.00 bits per heavy atom. The molecule has 3 aromatic rings. The van der Waals surface area contributed by atoms with Crippen LogP contribution in [0.5, 0.6) is 0 Å². The van der Waals surface area contributed by atoms with Gasteiger partial charge in [0.25, 0.3) is 5.91 Å². The molecular weight excluding hydrogens is 375 g/mol. The van der Waals surface area contributed by atoms with E-state index < -0.39 is 23.3 Å². The maximum Gasteiger partial charge on any atom is 0.434 e. The molecule has 0 radical (unpaired) electrons. The summed E-state index contributed by atoms with van der Waals surface area (Å²) in [6, 6.07) is 8.58. The van der Waals surface area contributed by atoms with E-state index in [1.54, 1.807) is 42.5 Å². The van der Waals surface area contributed by atoms with E-state index in [0.29, 0.717) is 30.8 Å². The lowest BCUT2D eigenvalue weighted by atomic mass is 10.1. The topological polar surface area (TPSA) is 38.1 Å². The van der Waals surface area contributed by atoms with E-state index in [-0.39, 0.29) is 0 Å². The Labute approximate surface area is 157 Å². The Balaban J connectivity index is 1.76. The number of nitrogens with zero attached hydrogens (tertiary/aromatic N) is 3. The molecule has 0 bridgehead atoms. The number of carbonyl (C=O) groups is 1. The molecule has 0 saturated carbocycles. The summed E-state index contributed by atoms with van der Waals surface area (Å²) in [6.07, 6.45) is -3.01. The van der Waals surface area contributed by atoms with Gasteiger partial charge < -0.3 is 4.90 Å². The molecule has 0 N–H and O–H groups in total. The maximum absolute atomic E-state index is 13.8. The van der Waals surface area contributed by atoms with Crippen LogP contribution in [0.25, 0.3) is 5.69 Å². The number of thiophene rings is 1. The largest absolute Gasteiger partial charge is 0.434 e. The van der Waals surface area contributed by atoms with Crippen LogP contribution >= 0.6 is 11.3 Å². The Morgan fingerprint density at radius 1 is 1.22 bits per heavy atom. The van der Waals surface area contributed by atoms with Crippen LogP contribution in [0.2, 0.25) is 0 Å². The molecule has 0 unspecified atom stereocenters. The highest BCUT2D eigenvalue weighted by Crippen LogP contribution is 2.35. The van der Waals surface area contributed by atoms with E-state index in [1.165, 1.54) is 9.78 Å². The van der Waals surface area contributed by atoms with E-state index in [1.807, 2.05) is 11.4 Å². The van der Waals surface area contributed by atoms with Crippen molar-refractivity contribution in [1.29, 1.82) is 0 Å². The van der Waals surface area contributed by atoms with Crippen LogP contribution in [0.3, 0.4) is 0 Å². The number of benzene rings is 1. The van der Waals surface area contributed by atoms with Gasteiger partial charge in [0.15, 0.2) is 5.69 Å². The van der Waals surface area contributed by atoms with Crippen LogP contribution < -0.4 is 0 Å². The van der Waals surface area contributed by atoms with Gasteiger partial charge in [-0.3, -0.25) is 4.79 Å². The van der Waals surface area contributed by atoms with Crippen LogP contribution in [0.15, 0.2) is 41.9 Å². The second-order valence-corrected chi connectivity index (χ2v) is 7.45. The van der Waals surface area contributed by atoms with Crippen molar-refractivity contribution in [1.82, 2.24) is 14.7 Å². The molecule has 4 nitrogen and oxygen atoms in total. The predicted molar refractivity (Wildman–Crippen MR) is 96.1 cm³/mol. The van der Waals surface area contributed by atoms with Gasteiger partial charge in [0.2, 0.25) is 0 Å². The lowest BCUT2D eigenvalue weighted by Crippen LogP contribution is -2.36. The number of fused-ring (bicyclic) bond motifs is 1. The lowest BCUT2D eigenvalue weighted by Gasteiger charge is -2.27. The molecule has 27 heavy (non-hydrogen) atoms. The summed E-state index contributed by atoms with van der Waals surface area (Å²) in [6.45, 7) is 2.44. The van der Waals surface area contributed by atoms with Crippen molar-refractivity contribution in [3.8, 4) is 5.69 Å². The molecule has 0 fully saturated rings. The maximum atomic E-state index is 13.8. The van der Waals surface area contributed by atoms with Gasteiger partial charge in [-0.2, -0.15) is 18.3 Å². The predicted octanol–water partition coefficient (Wildman–Crippen LogP) is 4.46. The Bertz CT molecular complexity index is 1010. The van der Waals surface area contributed by atoms with Crippen molar-refractivity contribution in [2.24, 2.45) is 0 Å². The smallest absolute Gasteiger partial charge is 0.334 e. The standard InChI is InChI=1S/C19H16F3N3OS/c1-12-4-2-3-5-15(12)25-17(19(20,21)22)14(10-23-25)18(26)24-8-6-16-13(11-24)7-9-27-16/h2-5,7,9-10H,6,8,11H2,1H3. The number of aromatic nitrogens is 2. The SMILES string of the molecule is Cc1ccccc1-n1ncc(C(=O)N2CCc3sccc3C2)c1C(F)(F)F. The summed E-state index contributed by atoms with van der Waals surface area (Å²) < 4.78 is 42.4. The minimum Gasteiger partial charge on any atom is -0.334 e.